The van der Waals surface area contributed by atoms with Gasteiger partial charge in [0, 0.05) is 28.6 Å². The highest BCUT2D eigenvalue weighted by Crippen LogP contribution is 2.39. The number of hydrogen-bond donors (Lipinski definition) is 0. The number of nitrogens with zero attached hydrogens (tertiary/aromatic N) is 1. The van der Waals surface area contributed by atoms with Crippen molar-refractivity contribution in [2.24, 2.45) is 0 Å². The lowest BCUT2D eigenvalue weighted by atomic mass is 9.97. The number of carboxylic acids is 1. The molecule has 0 radical (unpaired) electrons. The molecule has 1 aliphatic heterocycles. The Morgan fingerprint density at radius 1 is 1.38 bits per heavy atom. The van der Waals surface area contributed by atoms with E-state index in [1.807, 2.05) is 11.4 Å². The van der Waals surface area contributed by atoms with Gasteiger partial charge in [-0.15, -0.1) is 11.3 Å². The molecule has 0 saturated heterocycles. The Labute approximate surface area is 161 Å². The second kappa shape index (κ2) is 7.26. The molecule has 26 heavy (non-hydrogen) atoms. The first kappa shape index (κ1) is 19.3. The van der Waals surface area contributed by atoms with Gasteiger partial charge in [0.15, 0.2) is 0 Å². The summed E-state index contributed by atoms with van der Waals surface area (Å²) in [5.41, 5.74) is -1.59. The molecule has 2 aromatic rings. The smallest absolute Gasteiger partial charge is 0.545 e. The van der Waals surface area contributed by atoms with Crippen LogP contribution in [-0.4, -0.2) is 32.9 Å². The van der Waals surface area contributed by atoms with Gasteiger partial charge in [-0.2, -0.15) is 8.42 Å². The van der Waals surface area contributed by atoms with Crippen LogP contribution in [0, 0.1) is 0 Å². The first-order valence-corrected chi connectivity index (χ1v) is 10.2. The van der Waals surface area contributed by atoms with Gasteiger partial charge in [0.25, 0.3) is 0 Å². The predicted molar refractivity (Wildman–Crippen MR) is 94.7 cm³/mol. The minimum Gasteiger partial charge on any atom is -0.545 e. The van der Waals surface area contributed by atoms with Crippen molar-refractivity contribution >= 4 is 39.3 Å². The molecule has 1 aromatic carbocycles. The van der Waals surface area contributed by atoms with Crippen LogP contribution in [-0.2, 0) is 42.3 Å². The number of halogens is 1. The van der Waals surface area contributed by atoms with Gasteiger partial charge in [-0.3, -0.25) is 9.08 Å². The molecule has 0 fully saturated rings. The van der Waals surface area contributed by atoms with Crippen LogP contribution < -0.4 is 5.11 Å². The molecule has 0 amide bonds. The van der Waals surface area contributed by atoms with Gasteiger partial charge in [-0.1, -0.05) is 29.8 Å². The van der Waals surface area contributed by atoms with Crippen molar-refractivity contribution in [3.63, 3.8) is 0 Å². The highest BCUT2D eigenvalue weighted by Gasteiger charge is 2.48. The third-order valence-corrected chi connectivity index (χ3v) is 6.40. The molecule has 0 saturated carbocycles. The largest absolute Gasteiger partial charge is 1.00 e. The van der Waals surface area contributed by atoms with Gasteiger partial charge in [-0.05, 0) is 29.5 Å². The molecule has 10 heteroatoms. The Balaban J connectivity index is 0.00000261. The fraction of sp³-hybridized carbons (Fsp3) is 0.312. The first-order valence-electron chi connectivity index (χ1n) is 7.58. The van der Waals surface area contributed by atoms with E-state index >= 15 is 0 Å². The normalized spacial score (nSPS) is 17.5. The Morgan fingerprint density at radius 2 is 2.12 bits per heavy atom. The molecule has 1 atom stereocenters. The van der Waals surface area contributed by atoms with Crippen molar-refractivity contribution in [2.45, 2.75) is 18.7 Å². The molecule has 1 aromatic heterocycles. The summed E-state index contributed by atoms with van der Waals surface area (Å²) < 4.78 is 33.5. The molecule has 0 aliphatic carbocycles. The first-order chi connectivity index (χ1) is 12.3. The lowest BCUT2D eigenvalue weighted by molar-refractivity contribution is -0.336. The predicted octanol–water partition coefficient (Wildman–Crippen LogP) is 1.38. The SMILES string of the molecule is COS(=O)(=O)OC(C(=O)[O-])(c1ccccc1Cl)N1CCc2sccc2C1.[H+]. The fourth-order valence-electron chi connectivity index (χ4n) is 2.98. The van der Waals surface area contributed by atoms with E-state index in [0.29, 0.717) is 6.42 Å². The quantitative estimate of drug-likeness (QED) is 0.700. The zero-order valence-corrected chi connectivity index (χ0v) is 16.1. The summed E-state index contributed by atoms with van der Waals surface area (Å²) in [6, 6.07) is 7.86. The fourth-order valence-corrected chi connectivity index (χ4v) is 4.76. The van der Waals surface area contributed by atoms with Crippen molar-refractivity contribution in [1.82, 2.24) is 4.90 Å². The number of carbonyl (C=O) groups excluding carboxylic acids is 1. The number of benzene rings is 1. The van der Waals surface area contributed by atoms with Crippen LogP contribution in [0.4, 0.5) is 0 Å². The summed E-state index contributed by atoms with van der Waals surface area (Å²) in [5, 5.41) is 14.2. The second-order valence-electron chi connectivity index (χ2n) is 5.61. The molecule has 0 spiro atoms. The van der Waals surface area contributed by atoms with E-state index in [-0.39, 0.29) is 25.1 Å². The van der Waals surface area contributed by atoms with Crippen LogP contribution >= 0.6 is 22.9 Å². The van der Waals surface area contributed by atoms with Crippen LogP contribution in [0.3, 0.4) is 0 Å². The highest BCUT2D eigenvalue weighted by atomic mass is 35.5. The molecular weight excluding hydrogens is 402 g/mol. The van der Waals surface area contributed by atoms with Gasteiger partial charge in [0.05, 0.1) is 13.1 Å². The maximum Gasteiger partial charge on any atom is 1.00 e. The Bertz CT molecular complexity index is 934. The van der Waals surface area contributed by atoms with Crippen LogP contribution in [0.25, 0.3) is 0 Å². The van der Waals surface area contributed by atoms with Crippen molar-refractivity contribution < 1.29 is 28.1 Å². The summed E-state index contributed by atoms with van der Waals surface area (Å²) in [5.74, 6) is -1.75. The van der Waals surface area contributed by atoms with E-state index in [1.165, 1.54) is 17.0 Å². The van der Waals surface area contributed by atoms with Gasteiger partial charge >= 0.3 is 11.8 Å². The van der Waals surface area contributed by atoms with E-state index < -0.39 is 22.1 Å². The topological polar surface area (TPSA) is 96.0 Å². The van der Waals surface area contributed by atoms with E-state index in [4.69, 9.17) is 15.8 Å². The van der Waals surface area contributed by atoms with Gasteiger partial charge < -0.3 is 9.90 Å². The van der Waals surface area contributed by atoms with Crippen LogP contribution in [0.5, 0.6) is 0 Å². The van der Waals surface area contributed by atoms with Gasteiger partial charge in [0.1, 0.15) is 0 Å². The van der Waals surface area contributed by atoms with Gasteiger partial charge in [0.2, 0.25) is 5.72 Å². The van der Waals surface area contributed by atoms with Crippen molar-refractivity contribution in [2.75, 3.05) is 13.7 Å². The minimum atomic E-state index is -4.62. The third kappa shape index (κ3) is 3.38. The average Bonchev–Trinajstić information content (AvgIpc) is 3.08. The van der Waals surface area contributed by atoms with Crippen LogP contribution in [0.15, 0.2) is 35.7 Å². The van der Waals surface area contributed by atoms with E-state index in [1.54, 1.807) is 23.5 Å². The molecule has 1 unspecified atom stereocenters. The molecule has 7 nitrogen and oxygen atoms in total. The number of fused-ring (bicyclic) bond motifs is 1. The zero-order valence-electron chi connectivity index (χ0n) is 14.7. The molecule has 140 valence electrons. The van der Waals surface area contributed by atoms with Crippen LogP contribution in [0.2, 0.25) is 5.02 Å². The maximum absolute atomic E-state index is 12.3. The van der Waals surface area contributed by atoms with Crippen molar-refractivity contribution in [3.8, 4) is 0 Å². The molecule has 0 bridgehead atoms. The lowest BCUT2D eigenvalue weighted by Gasteiger charge is -2.45. The maximum atomic E-state index is 12.3. The average molecular weight is 418 g/mol. The van der Waals surface area contributed by atoms with Crippen molar-refractivity contribution in [3.05, 3.63) is 56.7 Å². The summed E-state index contributed by atoms with van der Waals surface area (Å²) >= 11 is 7.76. The highest BCUT2D eigenvalue weighted by molar-refractivity contribution is 7.81. The number of rotatable bonds is 6. The standard InChI is InChI=1S/C16H16ClNO6S2/c1-23-26(21,22)24-16(15(19)20,12-4-2-3-5-13(12)17)18-8-6-14-11(10-18)7-9-25-14/h2-5,7,9H,6,8,10H2,1H3,(H,19,20). The Kier molecular flexibility index (Phi) is 5.38. The molecule has 0 N–H and O–H groups in total. The number of carboxylic acid groups (broad SMARTS) is 1. The number of carbonyl (C=O) groups is 1. The van der Waals surface area contributed by atoms with Crippen LogP contribution in [0.1, 0.15) is 17.4 Å². The monoisotopic (exact) mass is 417 g/mol. The number of thiophene rings is 1. The Hall–Kier alpha value is -1.49. The molecule has 3 rings (SSSR count). The Morgan fingerprint density at radius 3 is 2.77 bits per heavy atom. The lowest BCUT2D eigenvalue weighted by Crippen LogP contribution is -2.61. The molecule has 1 aliphatic rings. The second-order valence-corrected chi connectivity index (χ2v) is 8.33. The number of hydrogen-bond acceptors (Lipinski definition) is 8. The third-order valence-electron chi connectivity index (χ3n) is 4.20. The zero-order chi connectivity index (χ0) is 18.9. The van der Waals surface area contributed by atoms with Crippen molar-refractivity contribution in [1.29, 1.82) is 0 Å². The minimum absolute atomic E-state index is 0. The van der Waals surface area contributed by atoms with E-state index in [0.717, 1.165) is 17.6 Å². The van der Waals surface area contributed by atoms with E-state index in [2.05, 4.69) is 4.18 Å². The summed E-state index contributed by atoms with van der Waals surface area (Å²) in [6.07, 6.45) is 0.545. The number of aliphatic carboxylic acids is 1. The summed E-state index contributed by atoms with van der Waals surface area (Å²) in [7, 11) is -3.73. The van der Waals surface area contributed by atoms with Gasteiger partial charge in [-0.25, -0.2) is 4.18 Å². The summed E-state index contributed by atoms with van der Waals surface area (Å²) in [4.78, 5) is 14.8. The van der Waals surface area contributed by atoms with E-state index in [9.17, 15) is 18.3 Å². The molecular formula is C16H16ClNO6S2. The molecule has 2 heterocycles. The summed E-state index contributed by atoms with van der Waals surface area (Å²) in [6.45, 7) is 0.406.